The number of aromatic nitrogens is 1. The molecule has 4 rings (SSSR count). The van der Waals surface area contributed by atoms with Gasteiger partial charge in [-0.1, -0.05) is 12.1 Å². The Balaban J connectivity index is 1.31. The zero-order chi connectivity index (χ0) is 28.4. The Morgan fingerprint density at radius 2 is 1.79 bits per heavy atom. The van der Waals surface area contributed by atoms with E-state index in [1.807, 2.05) is 45.0 Å². The molecule has 1 aliphatic heterocycles. The minimum Gasteiger partial charge on any atom is -0.444 e. The summed E-state index contributed by atoms with van der Waals surface area (Å²) in [7, 11) is 1.73. The quantitative estimate of drug-likeness (QED) is 0.397. The molecule has 1 saturated heterocycles. The van der Waals surface area contributed by atoms with Gasteiger partial charge in [0.15, 0.2) is 0 Å². The van der Waals surface area contributed by atoms with Crippen molar-refractivity contribution in [1.82, 2.24) is 9.88 Å². The lowest BCUT2D eigenvalue weighted by atomic mass is 10.1. The summed E-state index contributed by atoms with van der Waals surface area (Å²) in [5, 5.41) is 3.70. The molecule has 2 amide bonds. The number of rotatable bonds is 6. The fourth-order valence-corrected chi connectivity index (χ4v) is 4.24. The third-order valence-corrected chi connectivity index (χ3v) is 6.90. The highest BCUT2D eigenvalue weighted by atomic mass is 19.4. The molecule has 0 aliphatic carbocycles. The van der Waals surface area contributed by atoms with Crippen molar-refractivity contribution in [3.05, 3.63) is 65.7 Å². The Kier molecular flexibility index (Phi) is 8.04. The minimum absolute atomic E-state index is 0.146. The Morgan fingerprint density at radius 3 is 2.46 bits per heavy atom. The molecule has 10 heteroatoms. The third-order valence-electron chi connectivity index (χ3n) is 6.90. The molecule has 1 atom stereocenters. The molecule has 1 unspecified atom stereocenters. The number of nitrogens with zero attached hydrogens (tertiary/aromatic N) is 3. The van der Waals surface area contributed by atoms with Crippen molar-refractivity contribution in [2.24, 2.45) is 0 Å². The second kappa shape index (κ2) is 11.1. The molecule has 0 saturated carbocycles. The van der Waals surface area contributed by atoms with Crippen LogP contribution in [0.4, 0.5) is 29.5 Å². The van der Waals surface area contributed by atoms with Gasteiger partial charge in [-0.05, 0) is 75.2 Å². The van der Waals surface area contributed by atoms with Crippen molar-refractivity contribution in [1.29, 1.82) is 0 Å². The van der Waals surface area contributed by atoms with Crippen LogP contribution < -0.4 is 10.2 Å². The lowest BCUT2D eigenvalue weighted by Gasteiger charge is -2.32. The zero-order valence-corrected chi connectivity index (χ0v) is 22.5. The number of hydrogen-bond acceptors (Lipinski definition) is 5. The van der Waals surface area contributed by atoms with Crippen molar-refractivity contribution in [2.75, 3.05) is 30.4 Å². The first-order chi connectivity index (χ1) is 18.3. The number of amides is 2. The van der Waals surface area contributed by atoms with Crippen LogP contribution in [0.1, 0.15) is 44.7 Å². The highest BCUT2D eigenvalue weighted by molar-refractivity contribution is 5.94. The summed E-state index contributed by atoms with van der Waals surface area (Å²) in [5.74, 6) is 0.562. The van der Waals surface area contributed by atoms with Crippen LogP contribution in [0.15, 0.2) is 54.6 Å². The largest absolute Gasteiger partial charge is 0.444 e. The number of alkyl halides is 3. The molecule has 208 valence electrons. The number of halogens is 3. The average Bonchev–Trinajstić information content (AvgIpc) is 3.34. The summed E-state index contributed by atoms with van der Waals surface area (Å²) in [6, 6.07) is 14.1. The lowest BCUT2D eigenvalue weighted by molar-refractivity contribution is -0.137. The van der Waals surface area contributed by atoms with Gasteiger partial charge in [-0.3, -0.25) is 4.79 Å². The van der Waals surface area contributed by atoms with Crippen LogP contribution in [0.3, 0.4) is 0 Å². The Bertz CT molecular complexity index is 1340. The van der Waals surface area contributed by atoms with Gasteiger partial charge in [-0.15, -0.1) is 0 Å². The highest BCUT2D eigenvalue weighted by Crippen LogP contribution is 2.29. The number of hydrogen-bond donors (Lipinski definition) is 1. The van der Waals surface area contributed by atoms with E-state index in [2.05, 4.69) is 10.2 Å². The maximum Gasteiger partial charge on any atom is 0.416 e. The van der Waals surface area contributed by atoms with Gasteiger partial charge in [0.2, 0.25) is 5.91 Å². The molecule has 1 N–H and O–H groups in total. The number of benzene rings is 2. The predicted molar refractivity (Wildman–Crippen MR) is 145 cm³/mol. The zero-order valence-electron chi connectivity index (χ0n) is 22.5. The number of pyridine rings is 1. The van der Waals surface area contributed by atoms with E-state index in [1.165, 1.54) is 12.1 Å². The SMILES string of the molecule is CN(C(=O)OC1CCN(c2ccc3cc(NC(=O)CCc4ccc(C(F)(F)F)cc4)ccc3n2)C1)C(C)(C)C. The predicted octanol–water partition coefficient (Wildman–Crippen LogP) is 6.27. The maximum absolute atomic E-state index is 12.7. The number of anilines is 2. The van der Waals surface area contributed by atoms with E-state index < -0.39 is 11.7 Å². The van der Waals surface area contributed by atoms with E-state index >= 15 is 0 Å². The molecule has 1 aliphatic rings. The number of aryl methyl sites for hydroxylation is 1. The van der Waals surface area contributed by atoms with E-state index in [1.54, 1.807) is 18.0 Å². The van der Waals surface area contributed by atoms with E-state index in [0.29, 0.717) is 24.2 Å². The second-order valence-electron chi connectivity index (χ2n) is 10.8. The first-order valence-corrected chi connectivity index (χ1v) is 12.9. The van der Waals surface area contributed by atoms with Crippen molar-refractivity contribution >= 4 is 34.4 Å². The molecule has 0 bridgehead atoms. The molecular weight excluding hydrogens is 509 g/mol. The molecule has 1 fully saturated rings. The van der Waals surface area contributed by atoms with E-state index in [9.17, 15) is 22.8 Å². The first kappa shape index (κ1) is 28.2. The molecule has 2 heterocycles. The normalized spacial score (nSPS) is 15.9. The molecule has 1 aromatic heterocycles. The molecule has 2 aromatic carbocycles. The molecule has 7 nitrogen and oxygen atoms in total. The van der Waals surface area contributed by atoms with Crippen LogP contribution >= 0.6 is 0 Å². The summed E-state index contributed by atoms with van der Waals surface area (Å²) in [6.07, 6.45) is -3.72. The van der Waals surface area contributed by atoms with E-state index in [0.717, 1.165) is 41.8 Å². The highest BCUT2D eigenvalue weighted by Gasteiger charge is 2.31. The number of carbonyl (C=O) groups excluding carboxylic acids is 2. The summed E-state index contributed by atoms with van der Waals surface area (Å²) in [5.41, 5.74) is 1.02. The van der Waals surface area contributed by atoms with Crippen LogP contribution in [-0.2, 0) is 22.1 Å². The molecule has 0 radical (unpaired) electrons. The van der Waals surface area contributed by atoms with Gasteiger partial charge >= 0.3 is 12.3 Å². The summed E-state index contributed by atoms with van der Waals surface area (Å²) in [4.78, 5) is 33.3. The topological polar surface area (TPSA) is 74.8 Å². The van der Waals surface area contributed by atoms with Crippen LogP contribution in [-0.4, -0.2) is 53.7 Å². The molecule has 39 heavy (non-hydrogen) atoms. The standard InChI is InChI=1S/C29H33F3N4O3/c1-28(2,3)35(4)27(38)39-23-15-16-36(18-23)25-13-8-20-17-22(11-12-24(20)34-25)33-26(37)14-7-19-5-9-21(10-6-19)29(30,31)32/h5-6,8-13,17,23H,7,14-16,18H2,1-4H3,(H,33,37). The Labute approximate surface area is 225 Å². The fourth-order valence-electron chi connectivity index (χ4n) is 4.24. The van der Waals surface area contributed by atoms with Crippen LogP contribution in [0, 0.1) is 0 Å². The number of ether oxygens (including phenoxy) is 1. The second-order valence-corrected chi connectivity index (χ2v) is 10.8. The molecule has 3 aromatic rings. The van der Waals surface area contributed by atoms with Crippen LogP contribution in [0.25, 0.3) is 10.9 Å². The molecule has 0 spiro atoms. The Morgan fingerprint density at radius 1 is 1.08 bits per heavy atom. The number of nitrogens with one attached hydrogen (secondary N) is 1. The van der Waals surface area contributed by atoms with Crippen LogP contribution in [0.2, 0.25) is 0 Å². The fraction of sp³-hybridized carbons (Fsp3) is 0.414. The van der Waals surface area contributed by atoms with Gasteiger partial charge < -0.3 is 19.9 Å². The van der Waals surface area contributed by atoms with Crippen molar-refractivity contribution in [2.45, 2.75) is 57.9 Å². The van der Waals surface area contributed by atoms with E-state index in [-0.39, 0.29) is 30.1 Å². The molecular formula is C29H33F3N4O3. The summed E-state index contributed by atoms with van der Waals surface area (Å²) in [6.45, 7) is 7.15. The van der Waals surface area contributed by atoms with Crippen molar-refractivity contribution in [3.8, 4) is 0 Å². The van der Waals surface area contributed by atoms with Gasteiger partial charge in [0.05, 0.1) is 17.6 Å². The van der Waals surface area contributed by atoms with Gasteiger partial charge in [0.25, 0.3) is 0 Å². The van der Waals surface area contributed by atoms with Gasteiger partial charge in [-0.25, -0.2) is 9.78 Å². The maximum atomic E-state index is 12.7. The van der Waals surface area contributed by atoms with Crippen molar-refractivity contribution < 1.29 is 27.5 Å². The van der Waals surface area contributed by atoms with Crippen molar-refractivity contribution in [3.63, 3.8) is 0 Å². The van der Waals surface area contributed by atoms with E-state index in [4.69, 9.17) is 9.72 Å². The number of fused-ring (bicyclic) bond motifs is 1. The minimum atomic E-state index is -4.38. The smallest absolute Gasteiger partial charge is 0.416 e. The first-order valence-electron chi connectivity index (χ1n) is 12.9. The average molecular weight is 543 g/mol. The Hall–Kier alpha value is -3.82. The van der Waals surface area contributed by atoms with Gasteiger partial charge in [-0.2, -0.15) is 13.2 Å². The summed E-state index contributed by atoms with van der Waals surface area (Å²) < 4.78 is 43.8. The lowest BCUT2D eigenvalue weighted by Crippen LogP contribution is -2.44. The monoisotopic (exact) mass is 542 g/mol. The van der Waals surface area contributed by atoms with Gasteiger partial charge in [0.1, 0.15) is 11.9 Å². The van der Waals surface area contributed by atoms with Crippen LogP contribution in [0.5, 0.6) is 0 Å². The number of carbonyl (C=O) groups is 2. The third kappa shape index (κ3) is 7.19. The van der Waals surface area contributed by atoms with Gasteiger partial charge in [0, 0.05) is 43.0 Å². The summed E-state index contributed by atoms with van der Waals surface area (Å²) >= 11 is 0.